The number of ether oxygens (including phenoxy) is 1. The van der Waals surface area contributed by atoms with Crippen molar-refractivity contribution in [1.29, 1.82) is 0 Å². The molecule has 0 atom stereocenters. The van der Waals surface area contributed by atoms with Crippen LogP contribution < -0.4 is 15.2 Å². The Balaban J connectivity index is 2.36. The first-order valence-corrected chi connectivity index (χ1v) is 8.32. The van der Waals surface area contributed by atoms with Crippen LogP contribution in [0.5, 0.6) is 5.75 Å². The monoisotopic (exact) mass is 394 g/mol. The lowest BCUT2D eigenvalue weighted by Crippen LogP contribution is -2.18. The molecule has 0 aliphatic rings. The van der Waals surface area contributed by atoms with Crippen LogP contribution in [0.15, 0.2) is 47.4 Å². The number of benzene rings is 2. The predicted molar refractivity (Wildman–Crippen MR) is 83.9 cm³/mol. The summed E-state index contributed by atoms with van der Waals surface area (Å²) in [4.78, 5) is 10.7. The number of halogens is 4. The van der Waals surface area contributed by atoms with Crippen LogP contribution in [-0.2, 0) is 10.0 Å². The molecule has 0 aliphatic carbocycles. The number of amides is 1. The van der Waals surface area contributed by atoms with Crippen LogP contribution in [0.3, 0.4) is 0 Å². The summed E-state index contributed by atoms with van der Waals surface area (Å²) in [5.41, 5.74) is 4.95. The minimum atomic E-state index is -4.96. The van der Waals surface area contributed by atoms with Crippen molar-refractivity contribution in [2.45, 2.75) is 11.3 Å². The fourth-order valence-electron chi connectivity index (χ4n) is 1.80. The van der Waals surface area contributed by atoms with E-state index in [9.17, 15) is 26.4 Å². The summed E-state index contributed by atoms with van der Waals surface area (Å²) in [5.74, 6) is -1.51. The van der Waals surface area contributed by atoms with Crippen LogP contribution in [0.1, 0.15) is 10.4 Å². The van der Waals surface area contributed by atoms with Gasteiger partial charge in [-0.25, -0.2) is 8.42 Å². The summed E-state index contributed by atoms with van der Waals surface area (Å²) >= 11 is 5.86. The van der Waals surface area contributed by atoms with Crippen molar-refractivity contribution < 1.29 is 31.1 Å². The molecule has 2 aromatic rings. The van der Waals surface area contributed by atoms with Gasteiger partial charge in [0.25, 0.3) is 10.0 Å². The maximum atomic E-state index is 12.3. The molecule has 0 saturated heterocycles. The molecule has 1 amide bonds. The standard InChI is InChI=1S/C14H10ClF3N2O4S/c15-11-5-4-8(13(19)21)6-12(11)20-25(22,23)10-3-1-2-9(7-10)24-14(16,17)18/h1-7,20H,(H2,19,21). The third-order valence-corrected chi connectivity index (χ3v) is 4.54. The van der Waals surface area contributed by atoms with Crippen LogP contribution >= 0.6 is 11.6 Å². The molecule has 0 aliphatic heterocycles. The van der Waals surface area contributed by atoms with Crippen molar-refractivity contribution in [1.82, 2.24) is 0 Å². The highest BCUT2D eigenvalue weighted by Gasteiger charge is 2.31. The second kappa shape index (κ2) is 6.81. The molecule has 0 bridgehead atoms. The van der Waals surface area contributed by atoms with Gasteiger partial charge < -0.3 is 10.5 Å². The van der Waals surface area contributed by atoms with Crippen LogP contribution in [0, 0.1) is 0 Å². The van der Waals surface area contributed by atoms with Gasteiger partial charge >= 0.3 is 6.36 Å². The molecule has 0 radical (unpaired) electrons. The van der Waals surface area contributed by atoms with E-state index in [-0.39, 0.29) is 16.3 Å². The largest absolute Gasteiger partial charge is 0.573 e. The summed E-state index contributed by atoms with van der Waals surface area (Å²) in [7, 11) is -4.29. The van der Waals surface area contributed by atoms with Gasteiger partial charge in [-0.15, -0.1) is 13.2 Å². The van der Waals surface area contributed by atoms with Gasteiger partial charge in [-0.05, 0) is 30.3 Å². The van der Waals surface area contributed by atoms with Gasteiger partial charge in [-0.1, -0.05) is 17.7 Å². The normalized spacial score (nSPS) is 11.8. The number of hydrogen-bond donors (Lipinski definition) is 2. The number of nitrogens with two attached hydrogens (primary N) is 1. The molecule has 0 aromatic heterocycles. The summed E-state index contributed by atoms with van der Waals surface area (Å²) in [6, 6.07) is 7.45. The van der Waals surface area contributed by atoms with E-state index in [2.05, 4.69) is 9.46 Å². The smallest absolute Gasteiger partial charge is 0.406 e. The second-order valence-corrected chi connectivity index (χ2v) is 6.78. The number of sulfonamides is 1. The highest BCUT2D eigenvalue weighted by Crippen LogP contribution is 2.28. The number of hydrogen-bond acceptors (Lipinski definition) is 4. The van der Waals surface area contributed by atoms with Crippen molar-refractivity contribution >= 4 is 33.2 Å². The first-order valence-electron chi connectivity index (χ1n) is 6.46. The van der Waals surface area contributed by atoms with Crippen molar-refractivity contribution in [3.05, 3.63) is 53.1 Å². The first kappa shape index (κ1) is 18.9. The number of carbonyl (C=O) groups is 1. The van der Waals surface area contributed by atoms with Gasteiger partial charge in [0.2, 0.25) is 5.91 Å². The molecule has 3 N–H and O–H groups in total. The number of primary amides is 1. The molecule has 25 heavy (non-hydrogen) atoms. The number of carbonyl (C=O) groups excluding carboxylic acids is 1. The van der Waals surface area contributed by atoms with E-state index in [1.165, 1.54) is 12.1 Å². The lowest BCUT2D eigenvalue weighted by atomic mass is 10.2. The van der Waals surface area contributed by atoms with Gasteiger partial charge in [0.05, 0.1) is 15.6 Å². The minimum absolute atomic E-state index is 0.00347. The molecule has 2 aromatic carbocycles. The topological polar surface area (TPSA) is 98.5 Å². The Bertz CT molecular complexity index is 917. The average molecular weight is 395 g/mol. The molecule has 11 heteroatoms. The average Bonchev–Trinajstić information content (AvgIpc) is 2.47. The molecule has 0 saturated carbocycles. The Morgan fingerprint density at radius 2 is 1.84 bits per heavy atom. The van der Waals surface area contributed by atoms with E-state index in [0.717, 1.165) is 24.3 Å². The number of nitrogens with one attached hydrogen (secondary N) is 1. The Hall–Kier alpha value is -2.46. The summed E-state index contributed by atoms with van der Waals surface area (Å²) in [5, 5.41) is -0.0312. The van der Waals surface area contributed by atoms with Crippen molar-refractivity contribution in [3.8, 4) is 5.75 Å². The van der Waals surface area contributed by atoms with Gasteiger partial charge in [-0.3, -0.25) is 9.52 Å². The maximum Gasteiger partial charge on any atom is 0.573 e. The Morgan fingerprint density at radius 3 is 2.44 bits per heavy atom. The molecular formula is C14H10ClF3N2O4S. The summed E-state index contributed by atoms with van der Waals surface area (Å²) < 4.78 is 67.1. The van der Waals surface area contributed by atoms with Crippen molar-refractivity contribution in [3.63, 3.8) is 0 Å². The van der Waals surface area contributed by atoms with E-state index < -0.39 is 32.9 Å². The number of alkyl halides is 3. The first-order chi connectivity index (χ1) is 11.5. The molecule has 0 unspecified atom stereocenters. The molecule has 0 fully saturated rings. The van der Waals surface area contributed by atoms with E-state index in [4.69, 9.17) is 17.3 Å². The zero-order valence-corrected chi connectivity index (χ0v) is 13.7. The van der Waals surface area contributed by atoms with Gasteiger partial charge in [0.1, 0.15) is 5.75 Å². The van der Waals surface area contributed by atoms with Gasteiger partial charge in [0.15, 0.2) is 0 Å². The highest BCUT2D eigenvalue weighted by atomic mass is 35.5. The van der Waals surface area contributed by atoms with E-state index in [1.54, 1.807) is 0 Å². The third kappa shape index (κ3) is 5.00. The quantitative estimate of drug-likeness (QED) is 0.813. The summed E-state index contributed by atoms with van der Waals surface area (Å²) in [6.07, 6.45) is -4.96. The lowest BCUT2D eigenvalue weighted by molar-refractivity contribution is -0.274. The molecule has 2 rings (SSSR count). The molecule has 0 spiro atoms. The van der Waals surface area contributed by atoms with Gasteiger partial charge in [0, 0.05) is 11.6 Å². The van der Waals surface area contributed by atoms with Crippen LogP contribution in [0.25, 0.3) is 0 Å². The second-order valence-electron chi connectivity index (χ2n) is 4.69. The van der Waals surface area contributed by atoms with Crippen molar-refractivity contribution in [2.75, 3.05) is 4.72 Å². The Kier molecular flexibility index (Phi) is 5.14. The van der Waals surface area contributed by atoms with Crippen LogP contribution in [0.2, 0.25) is 5.02 Å². The maximum absolute atomic E-state index is 12.3. The van der Waals surface area contributed by atoms with E-state index in [0.29, 0.717) is 6.07 Å². The molecule has 6 nitrogen and oxygen atoms in total. The van der Waals surface area contributed by atoms with E-state index >= 15 is 0 Å². The lowest BCUT2D eigenvalue weighted by Gasteiger charge is -2.12. The number of rotatable bonds is 5. The zero-order chi connectivity index (χ0) is 18.8. The molecule has 0 heterocycles. The van der Waals surface area contributed by atoms with Crippen LogP contribution in [0.4, 0.5) is 18.9 Å². The fourth-order valence-corrected chi connectivity index (χ4v) is 3.13. The van der Waals surface area contributed by atoms with E-state index in [1.807, 2.05) is 0 Å². The third-order valence-electron chi connectivity index (χ3n) is 2.84. The van der Waals surface area contributed by atoms with Crippen molar-refractivity contribution in [2.24, 2.45) is 5.73 Å². The predicted octanol–water partition coefficient (Wildman–Crippen LogP) is 3.14. The Morgan fingerprint density at radius 1 is 1.16 bits per heavy atom. The van der Waals surface area contributed by atoms with Gasteiger partial charge in [-0.2, -0.15) is 0 Å². The fraction of sp³-hybridized carbons (Fsp3) is 0.0714. The molecule has 134 valence electrons. The van der Waals surface area contributed by atoms with Crippen LogP contribution in [-0.4, -0.2) is 20.7 Å². The SMILES string of the molecule is NC(=O)c1ccc(Cl)c(NS(=O)(=O)c2cccc(OC(F)(F)F)c2)c1. The minimum Gasteiger partial charge on any atom is -0.406 e. The highest BCUT2D eigenvalue weighted by molar-refractivity contribution is 7.92. The zero-order valence-electron chi connectivity index (χ0n) is 12.2. The summed E-state index contributed by atoms with van der Waals surface area (Å²) in [6.45, 7) is 0. The Labute approximate surface area is 145 Å². The number of anilines is 1. The molecular weight excluding hydrogens is 385 g/mol.